The van der Waals surface area contributed by atoms with Gasteiger partial charge in [-0.05, 0) is 40.0 Å². The van der Waals surface area contributed by atoms with Gasteiger partial charge in [0.15, 0.2) is 9.84 Å². The molecule has 1 N–H and O–H groups in total. The van der Waals surface area contributed by atoms with Crippen molar-refractivity contribution in [1.82, 2.24) is 10.2 Å². The van der Waals surface area contributed by atoms with Crippen LogP contribution in [0.25, 0.3) is 0 Å². The van der Waals surface area contributed by atoms with E-state index in [2.05, 4.69) is 5.32 Å². The van der Waals surface area contributed by atoms with Gasteiger partial charge in [-0.15, -0.1) is 0 Å². The summed E-state index contributed by atoms with van der Waals surface area (Å²) in [4.78, 5) is 25.8. The topological polar surface area (TPSA) is 92.8 Å². The molecule has 2 saturated heterocycles. The zero-order chi connectivity index (χ0) is 17.3. The fraction of sp³-hybridized carbons (Fsp3) is 0.867. The number of carbonyl (C=O) groups excluding carboxylic acids is 2. The van der Waals surface area contributed by atoms with Crippen molar-refractivity contribution in [2.45, 2.75) is 51.7 Å². The summed E-state index contributed by atoms with van der Waals surface area (Å²) in [5, 5.41) is 2.83. The van der Waals surface area contributed by atoms with Crippen molar-refractivity contribution in [3.05, 3.63) is 0 Å². The molecule has 0 saturated carbocycles. The van der Waals surface area contributed by atoms with Crippen molar-refractivity contribution in [3.8, 4) is 0 Å². The Hall–Kier alpha value is -1.31. The molecule has 2 aliphatic heterocycles. The van der Waals surface area contributed by atoms with E-state index in [0.29, 0.717) is 32.4 Å². The van der Waals surface area contributed by atoms with Crippen molar-refractivity contribution in [2.24, 2.45) is 5.92 Å². The molecule has 0 aliphatic carbocycles. The summed E-state index contributed by atoms with van der Waals surface area (Å²) in [6.45, 7) is 6.42. The third-order valence-electron chi connectivity index (χ3n) is 4.10. The first-order valence-electron chi connectivity index (χ1n) is 8.04. The lowest BCUT2D eigenvalue weighted by Crippen LogP contribution is -2.46. The molecule has 2 heterocycles. The van der Waals surface area contributed by atoms with Crippen molar-refractivity contribution in [1.29, 1.82) is 0 Å². The number of ether oxygens (including phenoxy) is 1. The molecular weight excluding hydrogens is 320 g/mol. The van der Waals surface area contributed by atoms with E-state index in [9.17, 15) is 18.0 Å². The molecule has 0 aromatic heterocycles. The van der Waals surface area contributed by atoms with Gasteiger partial charge in [-0.2, -0.15) is 0 Å². The van der Waals surface area contributed by atoms with Crippen LogP contribution < -0.4 is 5.32 Å². The van der Waals surface area contributed by atoms with Crippen LogP contribution in [0.3, 0.4) is 0 Å². The molecule has 0 radical (unpaired) electrons. The number of sulfone groups is 1. The van der Waals surface area contributed by atoms with E-state index in [4.69, 9.17) is 4.74 Å². The van der Waals surface area contributed by atoms with E-state index in [-0.39, 0.29) is 35.5 Å². The third kappa shape index (κ3) is 5.37. The number of nitrogens with one attached hydrogen (secondary N) is 1. The molecule has 2 rings (SSSR count). The van der Waals surface area contributed by atoms with Crippen LogP contribution in [-0.2, 0) is 19.4 Å². The second kappa shape index (κ2) is 6.67. The summed E-state index contributed by atoms with van der Waals surface area (Å²) in [6, 6.07) is -0.267. The van der Waals surface area contributed by atoms with Gasteiger partial charge in [-0.25, -0.2) is 13.2 Å². The standard InChI is InChI=1S/C15H26N2O5S/c1-15(2,3)22-14(19)17-7-4-11(5-8-17)13(18)16-12-6-9-23(20,21)10-12/h11-12H,4-10H2,1-3H3,(H,16,18)/t12-/m0/s1. The summed E-state index contributed by atoms with van der Waals surface area (Å²) < 4.78 is 28.2. The fourth-order valence-corrected chi connectivity index (χ4v) is 4.55. The summed E-state index contributed by atoms with van der Waals surface area (Å²) in [6.07, 6.45) is 1.29. The summed E-state index contributed by atoms with van der Waals surface area (Å²) in [5.74, 6) is -0.0854. The van der Waals surface area contributed by atoms with E-state index < -0.39 is 15.4 Å². The van der Waals surface area contributed by atoms with Crippen LogP contribution in [-0.4, -0.2) is 61.6 Å². The van der Waals surface area contributed by atoms with E-state index in [1.165, 1.54) is 0 Å². The number of piperidine rings is 1. The quantitative estimate of drug-likeness (QED) is 0.803. The lowest BCUT2D eigenvalue weighted by atomic mass is 9.96. The highest BCUT2D eigenvalue weighted by Crippen LogP contribution is 2.21. The van der Waals surface area contributed by atoms with Crippen LogP contribution >= 0.6 is 0 Å². The maximum Gasteiger partial charge on any atom is 0.410 e. The molecule has 0 bridgehead atoms. The first-order valence-corrected chi connectivity index (χ1v) is 9.86. The Bertz CT molecular complexity index is 559. The minimum atomic E-state index is -2.99. The normalized spacial score (nSPS) is 25.2. The van der Waals surface area contributed by atoms with Crippen LogP contribution in [0.2, 0.25) is 0 Å². The summed E-state index contributed by atoms with van der Waals surface area (Å²) in [5.41, 5.74) is -0.529. The fourth-order valence-electron chi connectivity index (χ4n) is 2.88. The number of hydrogen-bond acceptors (Lipinski definition) is 5. The smallest absolute Gasteiger partial charge is 0.410 e. The van der Waals surface area contributed by atoms with Crippen molar-refractivity contribution >= 4 is 21.8 Å². The Morgan fingerprint density at radius 1 is 1.13 bits per heavy atom. The van der Waals surface area contributed by atoms with Crippen molar-refractivity contribution in [2.75, 3.05) is 24.6 Å². The molecule has 0 aromatic carbocycles. The second-order valence-corrected chi connectivity index (χ2v) is 9.58. The Balaban J connectivity index is 1.78. The number of hydrogen-bond donors (Lipinski definition) is 1. The van der Waals surface area contributed by atoms with Gasteiger partial charge in [0.1, 0.15) is 5.60 Å². The van der Waals surface area contributed by atoms with E-state index in [0.717, 1.165) is 0 Å². The van der Waals surface area contributed by atoms with E-state index in [1.54, 1.807) is 4.90 Å². The number of likely N-dealkylation sites (tertiary alicyclic amines) is 1. The molecule has 7 nitrogen and oxygen atoms in total. The molecule has 1 atom stereocenters. The average molecular weight is 346 g/mol. The zero-order valence-corrected chi connectivity index (χ0v) is 14.8. The molecule has 2 fully saturated rings. The van der Waals surface area contributed by atoms with Gasteiger partial charge in [0.2, 0.25) is 5.91 Å². The van der Waals surface area contributed by atoms with Crippen molar-refractivity contribution < 1.29 is 22.7 Å². The van der Waals surface area contributed by atoms with E-state index in [1.807, 2.05) is 20.8 Å². The van der Waals surface area contributed by atoms with Crippen LogP contribution in [0.4, 0.5) is 4.79 Å². The minimum Gasteiger partial charge on any atom is -0.444 e. The first kappa shape index (κ1) is 18.0. The van der Waals surface area contributed by atoms with Crippen molar-refractivity contribution in [3.63, 3.8) is 0 Å². The van der Waals surface area contributed by atoms with Crippen LogP contribution in [0.5, 0.6) is 0 Å². The van der Waals surface area contributed by atoms with Crippen LogP contribution in [0, 0.1) is 5.92 Å². The Labute approximate surface area is 137 Å². The molecule has 8 heteroatoms. The third-order valence-corrected chi connectivity index (χ3v) is 5.86. The highest BCUT2D eigenvalue weighted by Gasteiger charge is 2.33. The predicted molar refractivity (Wildman–Crippen MR) is 85.7 cm³/mol. The Kier molecular flexibility index (Phi) is 5.23. The molecule has 0 aromatic rings. The lowest BCUT2D eigenvalue weighted by molar-refractivity contribution is -0.127. The lowest BCUT2D eigenvalue weighted by Gasteiger charge is -2.33. The Morgan fingerprint density at radius 2 is 1.74 bits per heavy atom. The summed E-state index contributed by atoms with van der Waals surface area (Å²) >= 11 is 0. The van der Waals surface area contributed by atoms with E-state index >= 15 is 0 Å². The van der Waals surface area contributed by atoms with Gasteiger partial charge < -0.3 is 15.0 Å². The predicted octanol–water partition coefficient (Wildman–Crippen LogP) is 0.937. The maximum absolute atomic E-state index is 12.2. The summed E-state index contributed by atoms with van der Waals surface area (Å²) in [7, 11) is -2.99. The molecular formula is C15H26N2O5S. The van der Waals surface area contributed by atoms with Gasteiger partial charge in [0, 0.05) is 25.0 Å². The zero-order valence-electron chi connectivity index (χ0n) is 14.0. The molecule has 2 amide bonds. The number of rotatable bonds is 2. The average Bonchev–Trinajstić information content (AvgIpc) is 2.76. The molecule has 0 spiro atoms. The van der Waals surface area contributed by atoms with Gasteiger partial charge in [-0.3, -0.25) is 4.79 Å². The number of carbonyl (C=O) groups is 2. The number of nitrogens with zero attached hydrogens (tertiary/aromatic N) is 1. The minimum absolute atomic E-state index is 0.0372. The molecule has 23 heavy (non-hydrogen) atoms. The van der Waals surface area contributed by atoms with Crippen LogP contribution in [0.1, 0.15) is 40.0 Å². The molecule has 132 valence electrons. The van der Waals surface area contributed by atoms with Gasteiger partial charge in [0.25, 0.3) is 0 Å². The first-order chi connectivity index (χ1) is 10.6. The Morgan fingerprint density at radius 3 is 2.22 bits per heavy atom. The largest absolute Gasteiger partial charge is 0.444 e. The molecule has 2 aliphatic rings. The molecule has 0 unspecified atom stereocenters. The highest BCUT2D eigenvalue weighted by molar-refractivity contribution is 7.91. The monoisotopic (exact) mass is 346 g/mol. The van der Waals surface area contributed by atoms with Gasteiger partial charge >= 0.3 is 6.09 Å². The highest BCUT2D eigenvalue weighted by atomic mass is 32.2. The van der Waals surface area contributed by atoms with Gasteiger partial charge in [-0.1, -0.05) is 0 Å². The second-order valence-electron chi connectivity index (χ2n) is 7.35. The van der Waals surface area contributed by atoms with Crippen LogP contribution in [0.15, 0.2) is 0 Å². The SMILES string of the molecule is CC(C)(C)OC(=O)N1CCC(C(=O)N[C@H]2CCS(=O)(=O)C2)CC1. The van der Waals surface area contributed by atoms with Gasteiger partial charge in [0.05, 0.1) is 11.5 Å². The maximum atomic E-state index is 12.2. The number of amides is 2.